The van der Waals surface area contributed by atoms with Gasteiger partial charge in [-0.2, -0.15) is 0 Å². The number of rotatable bonds is 3. The lowest BCUT2D eigenvalue weighted by Gasteiger charge is -2.34. The Bertz CT molecular complexity index is 914. The molecule has 0 radical (unpaired) electrons. The van der Waals surface area contributed by atoms with Gasteiger partial charge < -0.3 is 9.88 Å². The molecule has 0 saturated carbocycles. The Morgan fingerprint density at radius 3 is 3.08 bits per heavy atom. The van der Waals surface area contributed by atoms with E-state index >= 15 is 0 Å². The molecule has 1 aliphatic rings. The second kappa shape index (κ2) is 6.47. The zero-order chi connectivity index (χ0) is 17.4. The van der Waals surface area contributed by atoms with Gasteiger partial charge in [0.2, 0.25) is 5.91 Å². The summed E-state index contributed by atoms with van der Waals surface area (Å²) in [6.07, 6.45) is 8.43. The van der Waals surface area contributed by atoms with Crippen LogP contribution >= 0.6 is 0 Å². The number of nitrogens with zero attached hydrogens (tertiary/aromatic N) is 3. The zero-order valence-corrected chi connectivity index (χ0v) is 14.8. The van der Waals surface area contributed by atoms with E-state index < -0.39 is 0 Å². The van der Waals surface area contributed by atoms with Gasteiger partial charge in [0.25, 0.3) is 0 Å². The topological polar surface area (TPSA) is 61.9 Å². The van der Waals surface area contributed by atoms with Crippen molar-refractivity contribution in [2.45, 2.75) is 39.0 Å². The largest absolute Gasteiger partial charge is 0.346 e. The van der Waals surface area contributed by atoms with Gasteiger partial charge in [-0.1, -0.05) is 13.8 Å². The molecule has 1 fully saturated rings. The molecular formula is C20H24N4O. The number of fused-ring (bicyclic) bond motifs is 3. The maximum Gasteiger partial charge on any atom is 0.222 e. The molecule has 5 heteroatoms. The number of carbonyl (C=O) groups excluding carboxylic acids is 1. The van der Waals surface area contributed by atoms with Gasteiger partial charge in [-0.15, -0.1) is 0 Å². The van der Waals surface area contributed by atoms with E-state index in [9.17, 15) is 4.79 Å². The Hall–Kier alpha value is -2.43. The third-order valence-corrected chi connectivity index (χ3v) is 5.12. The van der Waals surface area contributed by atoms with Crippen LogP contribution in [-0.2, 0) is 4.79 Å². The van der Waals surface area contributed by atoms with Crippen LogP contribution < -0.4 is 0 Å². The van der Waals surface area contributed by atoms with Gasteiger partial charge in [0.05, 0.1) is 11.7 Å². The molecule has 4 heterocycles. The van der Waals surface area contributed by atoms with E-state index in [1.807, 2.05) is 18.6 Å². The van der Waals surface area contributed by atoms with Crippen molar-refractivity contribution in [3.63, 3.8) is 0 Å². The maximum absolute atomic E-state index is 12.5. The maximum atomic E-state index is 12.5. The highest BCUT2D eigenvalue weighted by atomic mass is 16.2. The number of hydrogen-bond acceptors (Lipinski definition) is 3. The molecule has 3 aromatic rings. The van der Waals surface area contributed by atoms with Gasteiger partial charge in [0, 0.05) is 48.6 Å². The average molecular weight is 336 g/mol. The van der Waals surface area contributed by atoms with E-state index in [-0.39, 0.29) is 5.91 Å². The van der Waals surface area contributed by atoms with Crippen molar-refractivity contribution in [2.24, 2.45) is 5.92 Å². The first kappa shape index (κ1) is 16.1. The predicted molar refractivity (Wildman–Crippen MR) is 99.4 cm³/mol. The number of nitrogens with one attached hydrogen (secondary N) is 1. The minimum absolute atomic E-state index is 0.284. The number of carbonyl (C=O) groups is 1. The molecule has 0 aromatic carbocycles. The number of hydrogen-bond donors (Lipinski definition) is 1. The third kappa shape index (κ3) is 2.99. The summed E-state index contributed by atoms with van der Waals surface area (Å²) in [7, 11) is 0. The molecule has 3 aromatic heterocycles. The Balaban J connectivity index is 1.71. The van der Waals surface area contributed by atoms with Gasteiger partial charge in [0.15, 0.2) is 0 Å². The SMILES string of the molecule is CC(C)CC(=O)N1CCCC(c2ccnc3cnc4[nH]ccc4c23)C1. The highest BCUT2D eigenvalue weighted by molar-refractivity contribution is 6.05. The second-order valence-corrected chi connectivity index (χ2v) is 7.44. The van der Waals surface area contributed by atoms with E-state index in [0.29, 0.717) is 18.3 Å². The van der Waals surface area contributed by atoms with Crippen LogP contribution in [0.25, 0.3) is 21.9 Å². The summed E-state index contributed by atoms with van der Waals surface area (Å²) in [5.41, 5.74) is 3.11. The summed E-state index contributed by atoms with van der Waals surface area (Å²) in [5, 5.41) is 2.29. The van der Waals surface area contributed by atoms with Crippen LogP contribution in [0.2, 0.25) is 0 Å². The smallest absolute Gasteiger partial charge is 0.222 e. The van der Waals surface area contributed by atoms with Gasteiger partial charge in [-0.25, -0.2) is 4.98 Å². The van der Waals surface area contributed by atoms with Crippen LogP contribution in [0.15, 0.2) is 30.7 Å². The number of amides is 1. The highest BCUT2D eigenvalue weighted by Crippen LogP contribution is 2.34. The Kier molecular flexibility index (Phi) is 4.15. The van der Waals surface area contributed by atoms with E-state index in [0.717, 1.165) is 42.5 Å². The van der Waals surface area contributed by atoms with E-state index in [2.05, 4.69) is 45.8 Å². The summed E-state index contributed by atoms with van der Waals surface area (Å²) in [4.78, 5) is 26.7. The molecule has 1 aliphatic heterocycles. The van der Waals surface area contributed by atoms with Gasteiger partial charge >= 0.3 is 0 Å². The lowest BCUT2D eigenvalue weighted by molar-refractivity contribution is -0.133. The highest BCUT2D eigenvalue weighted by Gasteiger charge is 2.26. The van der Waals surface area contributed by atoms with Crippen LogP contribution in [0.1, 0.15) is 44.6 Å². The number of H-pyrrole nitrogens is 1. The van der Waals surface area contributed by atoms with Crippen molar-refractivity contribution in [1.29, 1.82) is 0 Å². The number of aromatic nitrogens is 3. The first-order valence-electron chi connectivity index (χ1n) is 9.12. The van der Waals surface area contributed by atoms with Crippen molar-refractivity contribution in [3.8, 4) is 0 Å². The van der Waals surface area contributed by atoms with E-state index in [1.54, 1.807) is 0 Å². The summed E-state index contributed by atoms with van der Waals surface area (Å²) >= 11 is 0. The van der Waals surface area contributed by atoms with Crippen LogP contribution in [-0.4, -0.2) is 38.8 Å². The quantitative estimate of drug-likeness (QED) is 0.790. The Morgan fingerprint density at radius 1 is 1.36 bits per heavy atom. The molecule has 1 saturated heterocycles. The molecule has 5 nitrogen and oxygen atoms in total. The molecule has 1 unspecified atom stereocenters. The first-order chi connectivity index (χ1) is 12.1. The number of likely N-dealkylation sites (tertiary alicyclic amines) is 1. The fourth-order valence-electron chi connectivity index (χ4n) is 3.96. The lowest BCUT2D eigenvalue weighted by Crippen LogP contribution is -2.39. The molecule has 0 bridgehead atoms. The van der Waals surface area contributed by atoms with Crippen LogP contribution in [0.3, 0.4) is 0 Å². The predicted octanol–water partition coefficient (Wildman–Crippen LogP) is 3.86. The molecule has 1 amide bonds. The lowest BCUT2D eigenvalue weighted by atomic mass is 9.88. The average Bonchev–Trinajstić information content (AvgIpc) is 3.09. The summed E-state index contributed by atoms with van der Waals surface area (Å²) in [6.45, 7) is 5.89. The molecule has 130 valence electrons. The van der Waals surface area contributed by atoms with E-state index in [4.69, 9.17) is 0 Å². The van der Waals surface area contributed by atoms with Crippen molar-refractivity contribution in [3.05, 3.63) is 36.3 Å². The second-order valence-electron chi connectivity index (χ2n) is 7.44. The van der Waals surface area contributed by atoms with Gasteiger partial charge in [-0.3, -0.25) is 9.78 Å². The molecular weight excluding hydrogens is 312 g/mol. The van der Waals surface area contributed by atoms with Crippen LogP contribution in [0, 0.1) is 5.92 Å². The fourth-order valence-corrected chi connectivity index (χ4v) is 3.96. The number of aromatic amines is 1. The van der Waals surface area contributed by atoms with Crippen LogP contribution in [0.5, 0.6) is 0 Å². The standard InChI is InChI=1S/C20H24N4O/c1-13(2)10-18(25)24-9-3-4-14(12-24)15-5-7-21-17-11-23-20-16(19(15)17)6-8-22-20/h5-8,11,13-14H,3-4,9-10,12H2,1-2H3,(H,22,23). The summed E-state index contributed by atoms with van der Waals surface area (Å²) < 4.78 is 0. The first-order valence-corrected chi connectivity index (χ1v) is 9.12. The molecule has 1 atom stereocenters. The molecule has 25 heavy (non-hydrogen) atoms. The Labute approximate surface area is 147 Å². The summed E-state index contributed by atoms with van der Waals surface area (Å²) in [5.74, 6) is 1.04. The third-order valence-electron chi connectivity index (χ3n) is 5.12. The fraction of sp³-hybridized carbons (Fsp3) is 0.450. The monoisotopic (exact) mass is 336 g/mol. The van der Waals surface area contributed by atoms with Crippen molar-refractivity contribution < 1.29 is 4.79 Å². The molecule has 1 N–H and O–H groups in total. The molecule has 4 rings (SSSR count). The van der Waals surface area contributed by atoms with E-state index in [1.165, 1.54) is 10.9 Å². The molecule has 0 spiro atoms. The molecule has 0 aliphatic carbocycles. The number of pyridine rings is 2. The Morgan fingerprint density at radius 2 is 2.24 bits per heavy atom. The zero-order valence-electron chi connectivity index (χ0n) is 14.8. The minimum Gasteiger partial charge on any atom is -0.346 e. The van der Waals surface area contributed by atoms with Crippen molar-refractivity contribution >= 4 is 27.8 Å². The van der Waals surface area contributed by atoms with Gasteiger partial charge in [0.1, 0.15) is 5.65 Å². The minimum atomic E-state index is 0.284. The summed E-state index contributed by atoms with van der Waals surface area (Å²) in [6, 6.07) is 4.19. The van der Waals surface area contributed by atoms with Crippen molar-refractivity contribution in [1.82, 2.24) is 19.9 Å². The van der Waals surface area contributed by atoms with Crippen molar-refractivity contribution in [2.75, 3.05) is 13.1 Å². The normalized spacial score (nSPS) is 18.4. The van der Waals surface area contributed by atoms with Crippen LogP contribution in [0.4, 0.5) is 0 Å². The van der Waals surface area contributed by atoms with Gasteiger partial charge in [-0.05, 0) is 36.5 Å². The number of piperidine rings is 1.